The molecule has 5 radical (unpaired) electrons. The van der Waals surface area contributed by atoms with Crippen molar-refractivity contribution in [1.29, 1.82) is 0 Å². The molecule has 2 heteroatoms. The first-order chi connectivity index (χ1) is 28.2. The first-order valence-electron chi connectivity index (χ1n) is 20.3. The fourth-order valence-corrected chi connectivity index (χ4v) is 14.6. The molecule has 1 aliphatic heterocycles. The van der Waals surface area contributed by atoms with Gasteiger partial charge in [0.1, 0.15) is 0 Å². The van der Waals surface area contributed by atoms with Crippen molar-refractivity contribution in [3.63, 3.8) is 0 Å². The van der Waals surface area contributed by atoms with Gasteiger partial charge in [0.05, 0.1) is 0 Å². The fraction of sp³-hybridized carbons (Fsp3) is 0.0909. The minimum atomic E-state index is -0.388. The summed E-state index contributed by atoms with van der Waals surface area (Å²) in [6.07, 6.45) is 4.95. The van der Waals surface area contributed by atoms with Crippen LogP contribution in [0.3, 0.4) is 0 Å². The van der Waals surface area contributed by atoms with Crippen LogP contribution in [0.25, 0.3) is 88.3 Å². The van der Waals surface area contributed by atoms with Crippen molar-refractivity contribution in [1.82, 2.24) is 0 Å². The molecule has 9 aromatic carbocycles. The summed E-state index contributed by atoms with van der Waals surface area (Å²) < 4.78 is 4.38. The zero-order chi connectivity index (χ0) is 37.7. The second-order valence-electron chi connectivity index (χ2n) is 16.1. The molecule has 0 saturated heterocycles. The first kappa shape index (κ1) is 33.7. The Morgan fingerprint density at radius 2 is 0.877 bits per heavy atom. The van der Waals surface area contributed by atoms with Crippen molar-refractivity contribution in [2.45, 2.75) is 31.1 Å². The van der Waals surface area contributed by atoms with Crippen molar-refractivity contribution in [2.24, 2.45) is 0 Å². The molecule has 12 rings (SSSR count). The number of benzene rings is 9. The summed E-state index contributed by atoms with van der Waals surface area (Å²) in [6.45, 7) is 0. The third-order valence-electron chi connectivity index (χ3n) is 13.3. The Balaban J connectivity index is 1.22. The molecule has 2 aliphatic carbocycles. The summed E-state index contributed by atoms with van der Waals surface area (Å²) in [4.78, 5) is 0. The van der Waals surface area contributed by atoms with E-state index in [0.29, 0.717) is 0 Å². The number of hydrogen-bond acceptors (Lipinski definition) is 0. The molecule has 0 nitrogen and oxygen atoms in total. The van der Waals surface area contributed by atoms with Gasteiger partial charge in [0.2, 0.25) is 0 Å². The van der Waals surface area contributed by atoms with E-state index in [2.05, 4.69) is 192 Å². The zero-order valence-corrected chi connectivity index (χ0v) is 35.8. The zero-order valence-electron chi connectivity index (χ0n) is 31.6. The molecule has 0 amide bonds. The Morgan fingerprint density at radius 3 is 1.63 bits per heavy atom. The summed E-state index contributed by atoms with van der Waals surface area (Å²) >= 11 is 1.85. The molecule has 0 unspecified atom stereocenters. The van der Waals surface area contributed by atoms with Crippen LogP contribution in [0.1, 0.15) is 36.8 Å². The van der Waals surface area contributed by atoms with Crippen LogP contribution >= 0.6 is 0 Å². The first-order valence-corrected chi connectivity index (χ1v) is 23.5. The Bertz CT molecular complexity index is 3130. The maximum absolute atomic E-state index is 2.55. The van der Waals surface area contributed by atoms with Gasteiger partial charge in [0, 0.05) is 0 Å². The van der Waals surface area contributed by atoms with E-state index in [1.54, 1.807) is 14.4 Å². The Hall–Kier alpha value is -5.41. The monoisotopic (exact) mass is 845 g/mol. The number of rotatable bonds is 4. The average molecular weight is 843 g/mol. The third kappa shape index (κ3) is 4.93. The van der Waals surface area contributed by atoms with Gasteiger partial charge < -0.3 is 0 Å². The molecule has 265 valence electrons. The number of hydrogen-bond donors (Lipinski definition) is 0. The Morgan fingerprint density at radius 1 is 0.368 bits per heavy atom. The summed E-state index contributed by atoms with van der Waals surface area (Å²) in [5, 5.41) is 5.29. The topological polar surface area (TPSA) is 0 Å². The van der Waals surface area contributed by atoms with Crippen LogP contribution in [-0.4, -0.2) is 31.9 Å². The molecule has 0 aromatic heterocycles. The van der Waals surface area contributed by atoms with Crippen LogP contribution in [0.2, 0.25) is 0 Å². The van der Waals surface area contributed by atoms with Crippen molar-refractivity contribution >= 4 is 66.7 Å². The van der Waals surface area contributed by atoms with Crippen LogP contribution in [0.15, 0.2) is 176 Å². The van der Waals surface area contributed by atoms with Gasteiger partial charge >= 0.3 is 339 Å². The van der Waals surface area contributed by atoms with Crippen molar-refractivity contribution in [2.75, 3.05) is 0 Å². The van der Waals surface area contributed by atoms with E-state index in [1.165, 1.54) is 124 Å². The Labute approximate surface area is 349 Å². The molecule has 3 aliphatic rings. The summed E-state index contributed by atoms with van der Waals surface area (Å²) in [6, 6.07) is 67.4. The van der Waals surface area contributed by atoms with E-state index in [0.717, 1.165) is 0 Å². The van der Waals surface area contributed by atoms with Gasteiger partial charge in [0.15, 0.2) is 0 Å². The van der Waals surface area contributed by atoms with Crippen molar-refractivity contribution in [3.8, 4) is 66.8 Å². The van der Waals surface area contributed by atoms with E-state index in [4.69, 9.17) is 0 Å². The summed E-state index contributed by atoms with van der Waals surface area (Å²) in [5.74, 6) is 0. The molecule has 9 aromatic rings. The van der Waals surface area contributed by atoms with Crippen molar-refractivity contribution in [3.05, 3.63) is 187 Å². The van der Waals surface area contributed by atoms with Gasteiger partial charge in [-0.15, -0.1) is 0 Å². The normalized spacial score (nSPS) is 14.5. The predicted octanol–water partition coefficient (Wildman–Crippen LogP) is 11.9. The summed E-state index contributed by atoms with van der Waals surface area (Å²) in [5.41, 5.74) is 19.4. The Kier molecular flexibility index (Phi) is 7.72. The van der Waals surface area contributed by atoms with Gasteiger partial charge in [-0.05, 0) is 0 Å². The molecule has 1 saturated carbocycles. The van der Waals surface area contributed by atoms with Gasteiger partial charge in [0.25, 0.3) is 0 Å². The van der Waals surface area contributed by atoms with Gasteiger partial charge in [-0.2, -0.15) is 0 Å². The molecule has 0 N–H and O–H groups in total. The molecule has 1 heterocycles. The van der Waals surface area contributed by atoms with Gasteiger partial charge in [-0.1, -0.05) is 12.1 Å². The molecule has 0 bridgehead atoms. The van der Waals surface area contributed by atoms with E-state index in [-0.39, 0.29) is 20.8 Å². The second kappa shape index (κ2) is 13.1. The number of fused-ring (bicyclic) bond motifs is 10. The molecular weight excluding hydrogens is 806 g/mol. The van der Waals surface area contributed by atoms with Crippen LogP contribution < -0.4 is 13.2 Å². The van der Waals surface area contributed by atoms with Crippen LogP contribution in [0, 0.1) is 0 Å². The SMILES string of the molecule is [Ge][c]1ccccc1-c1ccccc1-c1cccc2c(-c3cccc4c3C3(CCCC3)c3ccccc3-4)c3cccc(-c4ccc[c]5c4-c4cccc[c]4[Ge]5)c3cc12. The molecule has 1 spiro atoms. The third-order valence-corrected chi connectivity index (χ3v) is 17.1. The van der Waals surface area contributed by atoms with E-state index in [9.17, 15) is 0 Å². The van der Waals surface area contributed by atoms with E-state index < -0.39 is 0 Å². The summed E-state index contributed by atoms with van der Waals surface area (Å²) in [7, 11) is 0. The quantitative estimate of drug-likeness (QED) is 0.122. The van der Waals surface area contributed by atoms with E-state index in [1.807, 2.05) is 0 Å². The molecule has 57 heavy (non-hydrogen) atoms. The van der Waals surface area contributed by atoms with Gasteiger partial charge in [-0.3, -0.25) is 0 Å². The average Bonchev–Trinajstić information content (AvgIpc) is 3.98. The standard InChI is InChI=1S/C55H37Ge2/c56-49-28-7-4-18-39(49)35-16-2-1-15-34(35)36-20-11-22-41-46(36)33-47-37(40-24-14-30-51-53(40)44-19-5-8-29-50(44)57-51)21-12-23-42(47)52(41)45-26-13-25-43-38-17-3-6-27-48(38)55(54(43)45)31-9-10-32-55/h1-8,11-30,33H,9-10,31-32H2. The molecule has 0 atom stereocenters. The molecule has 1 fully saturated rings. The van der Waals surface area contributed by atoms with E-state index >= 15 is 0 Å². The van der Waals surface area contributed by atoms with Crippen molar-refractivity contribution < 1.29 is 0 Å². The van der Waals surface area contributed by atoms with Crippen LogP contribution in [-0.2, 0) is 5.41 Å². The fourth-order valence-electron chi connectivity index (χ4n) is 11.0. The minimum absolute atomic E-state index is 0.0395. The van der Waals surface area contributed by atoms with Gasteiger partial charge in [-0.25, -0.2) is 0 Å². The second-order valence-corrected chi connectivity index (χ2v) is 20.0. The van der Waals surface area contributed by atoms with Crippen LogP contribution in [0.5, 0.6) is 0 Å². The van der Waals surface area contributed by atoms with Crippen LogP contribution in [0.4, 0.5) is 0 Å². The predicted molar refractivity (Wildman–Crippen MR) is 244 cm³/mol. The maximum atomic E-state index is 2.55. The molecular formula is C55H37Ge2.